The number of nitrogen functional groups attached to an aromatic ring is 1. The first-order valence-electron chi connectivity index (χ1n) is 5.51. The minimum atomic E-state index is -0.587. The molecule has 2 amide bonds. The van der Waals surface area contributed by atoms with Crippen LogP contribution in [0, 0.1) is 0 Å². The number of anilines is 1. The van der Waals surface area contributed by atoms with Crippen LogP contribution in [-0.2, 0) is 4.79 Å². The van der Waals surface area contributed by atoms with Crippen molar-refractivity contribution in [2.24, 2.45) is 5.73 Å². The molecule has 0 aliphatic rings. The Kier molecular flexibility index (Phi) is 4.53. The maximum atomic E-state index is 11.7. The van der Waals surface area contributed by atoms with Crippen molar-refractivity contribution in [3.63, 3.8) is 0 Å². The molecule has 5 N–H and O–H groups in total. The molecule has 1 aromatic carbocycles. The molecule has 0 spiro atoms. The smallest absolute Gasteiger partial charge is 0.255 e. The molecular formula is C12H17N3O3. The fourth-order valence-corrected chi connectivity index (χ4v) is 1.32. The van der Waals surface area contributed by atoms with E-state index < -0.39 is 5.91 Å². The predicted molar refractivity (Wildman–Crippen MR) is 68.1 cm³/mol. The van der Waals surface area contributed by atoms with E-state index in [9.17, 15) is 9.59 Å². The first kappa shape index (κ1) is 13.8. The Balaban J connectivity index is 2.78. The van der Waals surface area contributed by atoms with E-state index in [-0.39, 0.29) is 24.2 Å². The van der Waals surface area contributed by atoms with Crippen LogP contribution in [0.15, 0.2) is 18.2 Å². The number of primary amides is 1. The van der Waals surface area contributed by atoms with Crippen LogP contribution >= 0.6 is 0 Å². The summed E-state index contributed by atoms with van der Waals surface area (Å²) < 4.78 is 5.08. The topological polar surface area (TPSA) is 107 Å². The van der Waals surface area contributed by atoms with Gasteiger partial charge in [0.05, 0.1) is 5.69 Å². The highest BCUT2D eigenvalue weighted by atomic mass is 16.5. The molecule has 0 bridgehead atoms. The SMILES string of the molecule is CC(C)NC(=O)c1ccc(OCC(N)=O)c(N)c1. The molecule has 0 fully saturated rings. The maximum absolute atomic E-state index is 11.7. The van der Waals surface area contributed by atoms with Gasteiger partial charge in [-0.15, -0.1) is 0 Å². The van der Waals surface area contributed by atoms with E-state index in [0.717, 1.165) is 0 Å². The number of amides is 2. The summed E-state index contributed by atoms with van der Waals surface area (Å²) >= 11 is 0. The van der Waals surface area contributed by atoms with E-state index >= 15 is 0 Å². The Morgan fingerprint density at radius 2 is 2.06 bits per heavy atom. The molecule has 0 saturated heterocycles. The number of hydrogen-bond acceptors (Lipinski definition) is 4. The second kappa shape index (κ2) is 5.90. The van der Waals surface area contributed by atoms with Crippen molar-refractivity contribution >= 4 is 17.5 Å². The highest BCUT2D eigenvalue weighted by Gasteiger charge is 2.10. The molecule has 0 radical (unpaired) electrons. The third-order valence-corrected chi connectivity index (χ3v) is 2.06. The lowest BCUT2D eigenvalue weighted by Crippen LogP contribution is -2.30. The molecule has 1 rings (SSSR count). The zero-order chi connectivity index (χ0) is 13.7. The molecule has 6 heteroatoms. The van der Waals surface area contributed by atoms with Crippen molar-refractivity contribution in [2.45, 2.75) is 19.9 Å². The van der Waals surface area contributed by atoms with E-state index in [4.69, 9.17) is 16.2 Å². The predicted octanol–water partition coefficient (Wildman–Crippen LogP) is 0.271. The van der Waals surface area contributed by atoms with Crippen molar-refractivity contribution in [3.05, 3.63) is 23.8 Å². The first-order valence-corrected chi connectivity index (χ1v) is 5.51. The number of ether oxygens (including phenoxy) is 1. The molecular weight excluding hydrogens is 234 g/mol. The van der Waals surface area contributed by atoms with Crippen molar-refractivity contribution in [1.82, 2.24) is 5.32 Å². The van der Waals surface area contributed by atoms with Gasteiger partial charge in [0.25, 0.3) is 11.8 Å². The van der Waals surface area contributed by atoms with Crippen LogP contribution in [0.1, 0.15) is 24.2 Å². The summed E-state index contributed by atoms with van der Waals surface area (Å²) in [5.41, 5.74) is 11.4. The largest absolute Gasteiger partial charge is 0.482 e. The van der Waals surface area contributed by atoms with Crippen LogP contribution in [0.3, 0.4) is 0 Å². The maximum Gasteiger partial charge on any atom is 0.255 e. The summed E-state index contributed by atoms with van der Waals surface area (Å²) in [6.07, 6.45) is 0. The highest BCUT2D eigenvalue weighted by molar-refractivity contribution is 5.95. The van der Waals surface area contributed by atoms with Crippen LogP contribution in [0.2, 0.25) is 0 Å². The molecule has 0 aliphatic heterocycles. The van der Waals surface area contributed by atoms with Gasteiger partial charge >= 0.3 is 0 Å². The van der Waals surface area contributed by atoms with Gasteiger partial charge in [0, 0.05) is 11.6 Å². The van der Waals surface area contributed by atoms with Gasteiger partial charge in [-0.3, -0.25) is 9.59 Å². The molecule has 0 atom stereocenters. The minimum absolute atomic E-state index is 0.0458. The van der Waals surface area contributed by atoms with Gasteiger partial charge in [0.1, 0.15) is 5.75 Å². The van der Waals surface area contributed by atoms with Crippen molar-refractivity contribution in [3.8, 4) is 5.75 Å². The molecule has 0 unspecified atom stereocenters. The molecule has 0 saturated carbocycles. The summed E-state index contributed by atoms with van der Waals surface area (Å²) in [5.74, 6) is -0.468. The van der Waals surface area contributed by atoms with Gasteiger partial charge in [-0.1, -0.05) is 0 Å². The second-order valence-electron chi connectivity index (χ2n) is 4.14. The monoisotopic (exact) mass is 251 g/mol. The fraction of sp³-hybridized carbons (Fsp3) is 0.333. The molecule has 0 heterocycles. The van der Waals surface area contributed by atoms with Gasteiger partial charge in [0.2, 0.25) is 0 Å². The van der Waals surface area contributed by atoms with E-state index in [2.05, 4.69) is 5.32 Å². The number of carbonyl (C=O) groups is 2. The summed E-state index contributed by atoms with van der Waals surface area (Å²) in [5, 5.41) is 2.75. The van der Waals surface area contributed by atoms with Crippen molar-refractivity contribution in [2.75, 3.05) is 12.3 Å². The summed E-state index contributed by atoms with van der Waals surface area (Å²) in [6.45, 7) is 3.49. The molecule has 0 aliphatic carbocycles. The lowest BCUT2D eigenvalue weighted by molar-refractivity contribution is -0.119. The number of benzene rings is 1. The van der Waals surface area contributed by atoms with Gasteiger partial charge in [-0.2, -0.15) is 0 Å². The van der Waals surface area contributed by atoms with Crippen molar-refractivity contribution in [1.29, 1.82) is 0 Å². The van der Waals surface area contributed by atoms with E-state index in [1.54, 1.807) is 6.07 Å². The number of carbonyl (C=O) groups excluding carboxylic acids is 2. The Labute approximate surface area is 105 Å². The lowest BCUT2D eigenvalue weighted by Gasteiger charge is -2.11. The summed E-state index contributed by atoms with van der Waals surface area (Å²) in [6, 6.07) is 4.65. The van der Waals surface area contributed by atoms with Gasteiger partial charge in [0.15, 0.2) is 6.61 Å². The average Bonchev–Trinajstić information content (AvgIpc) is 2.26. The quantitative estimate of drug-likeness (QED) is 0.653. The van der Waals surface area contributed by atoms with Gasteiger partial charge in [-0.05, 0) is 32.0 Å². The molecule has 98 valence electrons. The second-order valence-corrected chi connectivity index (χ2v) is 4.14. The lowest BCUT2D eigenvalue weighted by atomic mass is 10.1. The minimum Gasteiger partial charge on any atom is -0.482 e. The molecule has 0 aromatic heterocycles. The Hall–Kier alpha value is -2.24. The molecule has 6 nitrogen and oxygen atoms in total. The number of hydrogen-bond donors (Lipinski definition) is 3. The van der Waals surface area contributed by atoms with Crippen LogP contribution in [0.4, 0.5) is 5.69 Å². The zero-order valence-corrected chi connectivity index (χ0v) is 10.4. The summed E-state index contributed by atoms with van der Waals surface area (Å²) in [4.78, 5) is 22.3. The van der Waals surface area contributed by atoms with Crippen LogP contribution in [0.25, 0.3) is 0 Å². The average molecular weight is 251 g/mol. The van der Waals surface area contributed by atoms with Gasteiger partial charge < -0.3 is 21.5 Å². The van der Waals surface area contributed by atoms with Crippen LogP contribution in [-0.4, -0.2) is 24.5 Å². The van der Waals surface area contributed by atoms with Crippen LogP contribution in [0.5, 0.6) is 5.75 Å². The summed E-state index contributed by atoms with van der Waals surface area (Å²) in [7, 11) is 0. The number of nitrogens with two attached hydrogens (primary N) is 2. The normalized spacial score (nSPS) is 10.2. The van der Waals surface area contributed by atoms with Gasteiger partial charge in [-0.25, -0.2) is 0 Å². The molecule has 18 heavy (non-hydrogen) atoms. The first-order chi connectivity index (χ1) is 8.40. The Morgan fingerprint density at radius 1 is 1.39 bits per heavy atom. The third-order valence-electron chi connectivity index (χ3n) is 2.06. The highest BCUT2D eigenvalue weighted by Crippen LogP contribution is 2.22. The van der Waals surface area contributed by atoms with E-state index in [0.29, 0.717) is 11.3 Å². The number of rotatable bonds is 5. The zero-order valence-electron chi connectivity index (χ0n) is 10.4. The molecule has 1 aromatic rings. The fourth-order valence-electron chi connectivity index (χ4n) is 1.32. The Bertz CT molecular complexity index is 458. The number of nitrogens with one attached hydrogen (secondary N) is 1. The Morgan fingerprint density at radius 3 is 2.56 bits per heavy atom. The van der Waals surface area contributed by atoms with E-state index in [1.807, 2.05) is 13.8 Å². The van der Waals surface area contributed by atoms with Crippen LogP contribution < -0.4 is 21.5 Å². The van der Waals surface area contributed by atoms with Crippen molar-refractivity contribution < 1.29 is 14.3 Å². The third kappa shape index (κ3) is 3.97. The van der Waals surface area contributed by atoms with E-state index in [1.165, 1.54) is 12.1 Å². The standard InChI is InChI=1S/C12H17N3O3/c1-7(2)15-12(17)8-3-4-10(9(13)5-8)18-6-11(14)16/h3-5,7H,6,13H2,1-2H3,(H2,14,16)(H,15,17).